The van der Waals surface area contributed by atoms with Gasteiger partial charge in [0.2, 0.25) is 0 Å². The van der Waals surface area contributed by atoms with E-state index in [9.17, 15) is 14.7 Å². The molecule has 5 atom stereocenters. The summed E-state index contributed by atoms with van der Waals surface area (Å²) in [6.45, 7) is 9.73. The Bertz CT molecular complexity index is 972. The molecule has 162 valence electrons. The molecule has 5 nitrogen and oxygen atoms in total. The van der Waals surface area contributed by atoms with Crippen molar-refractivity contribution in [3.05, 3.63) is 28.3 Å². The number of ether oxygens (including phenoxy) is 1. The van der Waals surface area contributed by atoms with E-state index in [4.69, 9.17) is 4.74 Å². The number of carboxylic acids is 1. The minimum absolute atomic E-state index is 0.118. The average molecular weight is 476 g/mol. The van der Waals surface area contributed by atoms with Crippen molar-refractivity contribution < 1.29 is 19.4 Å². The van der Waals surface area contributed by atoms with Crippen LogP contribution in [0.1, 0.15) is 85.2 Å². The number of alkyl halides is 1. The minimum Gasteiger partial charge on any atom is -0.486 e. The molecular weight excluding hydrogens is 446 g/mol. The smallest absolute Gasteiger partial charge is 0.336 e. The molecule has 30 heavy (non-hydrogen) atoms. The van der Waals surface area contributed by atoms with E-state index in [2.05, 4.69) is 48.9 Å². The summed E-state index contributed by atoms with van der Waals surface area (Å²) < 4.78 is 7.10. The van der Waals surface area contributed by atoms with Gasteiger partial charge in [0.1, 0.15) is 11.4 Å². The number of fused-ring (bicyclic) bond motifs is 3. The minimum atomic E-state index is -0.987. The molecule has 1 amide bonds. The van der Waals surface area contributed by atoms with Crippen molar-refractivity contribution in [2.45, 2.75) is 76.8 Å². The predicted molar refractivity (Wildman–Crippen MR) is 117 cm³/mol. The van der Waals surface area contributed by atoms with E-state index in [1.807, 2.05) is 0 Å². The van der Waals surface area contributed by atoms with Crippen LogP contribution in [0.4, 0.5) is 0 Å². The number of amides is 1. The van der Waals surface area contributed by atoms with Crippen LogP contribution in [-0.2, 0) is 13.0 Å². The topological polar surface area (TPSA) is 75.6 Å². The lowest BCUT2D eigenvalue weighted by atomic mass is 9.44. The van der Waals surface area contributed by atoms with Gasteiger partial charge >= 0.3 is 5.97 Å². The van der Waals surface area contributed by atoms with Crippen LogP contribution in [-0.4, -0.2) is 27.4 Å². The van der Waals surface area contributed by atoms with Crippen molar-refractivity contribution in [1.29, 1.82) is 0 Å². The van der Waals surface area contributed by atoms with Gasteiger partial charge in [0.15, 0.2) is 0 Å². The summed E-state index contributed by atoms with van der Waals surface area (Å²) in [6, 6.07) is 1.56. The third-order valence-electron chi connectivity index (χ3n) is 8.94. The first-order valence-electron chi connectivity index (χ1n) is 11.0. The highest BCUT2D eigenvalue weighted by Crippen LogP contribution is 2.67. The van der Waals surface area contributed by atoms with Gasteiger partial charge in [0.05, 0.1) is 5.56 Å². The Labute approximate surface area is 186 Å². The van der Waals surface area contributed by atoms with Gasteiger partial charge < -0.3 is 15.2 Å². The molecule has 2 heterocycles. The molecular formula is C24H30BrNO4. The van der Waals surface area contributed by atoms with Crippen molar-refractivity contribution in [3.63, 3.8) is 0 Å². The number of aromatic carboxylic acids is 1. The molecule has 0 radical (unpaired) electrons. The van der Waals surface area contributed by atoms with E-state index in [1.54, 1.807) is 6.07 Å². The molecule has 1 aromatic carbocycles. The van der Waals surface area contributed by atoms with E-state index in [-0.39, 0.29) is 27.9 Å². The number of hydrogen-bond donors (Lipinski definition) is 2. The van der Waals surface area contributed by atoms with E-state index in [1.165, 1.54) is 0 Å². The maximum atomic E-state index is 12.4. The molecule has 0 aromatic heterocycles. The lowest BCUT2D eigenvalue weighted by molar-refractivity contribution is -0.208. The summed E-state index contributed by atoms with van der Waals surface area (Å²) in [5, 5.41) is 12.8. The van der Waals surface area contributed by atoms with Crippen LogP contribution in [0, 0.1) is 22.7 Å². The number of benzene rings is 1. The normalized spacial score (nSPS) is 38.4. The van der Waals surface area contributed by atoms with Gasteiger partial charge in [0, 0.05) is 45.8 Å². The quantitative estimate of drug-likeness (QED) is 0.564. The van der Waals surface area contributed by atoms with Crippen LogP contribution < -0.4 is 10.1 Å². The number of hydrogen-bond acceptors (Lipinski definition) is 3. The zero-order valence-electron chi connectivity index (χ0n) is 18.1. The summed E-state index contributed by atoms with van der Waals surface area (Å²) in [6.07, 6.45) is 4.95. The molecule has 1 aromatic rings. The van der Waals surface area contributed by atoms with Crippen LogP contribution in [0.3, 0.4) is 0 Å². The Hall–Kier alpha value is -1.56. The van der Waals surface area contributed by atoms with Crippen LogP contribution in [0.2, 0.25) is 0 Å². The van der Waals surface area contributed by atoms with Crippen LogP contribution in [0.5, 0.6) is 5.75 Å². The second-order valence-corrected chi connectivity index (χ2v) is 12.2. The van der Waals surface area contributed by atoms with Gasteiger partial charge in [-0.05, 0) is 43.1 Å². The zero-order valence-corrected chi connectivity index (χ0v) is 19.7. The first-order valence-corrected chi connectivity index (χ1v) is 11.9. The summed E-state index contributed by atoms with van der Waals surface area (Å²) in [5.41, 5.74) is 1.86. The van der Waals surface area contributed by atoms with Crippen molar-refractivity contribution in [2.24, 2.45) is 22.7 Å². The molecule has 2 aliphatic heterocycles. The maximum absolute atomic E-state index is 12.4. The average Bonchev–Trinajstić information content (AvgIpc) is 3.00. The van der Waals surface area contributed by atoms with E-state index in [0.717, 1.165) is 36.8 Å². The van der Waals surface area contributed by atoms with E-state index in [0.29, 0.717) is 40.9 Å². The molecule has 0 saturated heterocycles. The van der Waals surface area contributed by atoms with Crippen molar-refractivity contribution in [3.8, 4) is 5.75 Å². The predicted octanol–water partition coefficient (Wildman–Crippen LogP) is 4.94. The number of rotatable bonds is 1. The first kappa shape index (κ1) is 20.3. The Balaban J connectivity index is 1.78. The number of halogens is 1. The second-order valence-electron chi connectivity index (χ2n) is 10.9. The molecule has 1 spiro atoms. The number of carbonyl (C=O) groups is 2. The van der Waals surface area contributed by atoms with Crippen LogP contribution in [0.15, 0.2) is 6.07 Å². The lowest BCUT2D eigenvalue weighted by Crippen LogP contribution is -2.69. The molecule has 6 heteroatoms. The SMILES string of the molecule is C[C@H]1CC[C@H]2C(C)(C)C[C@@H](Br)C[C@]23Oc2c(c(C(=O)O)cc4c2CNC4=O)C[C@]13C. The van der Waals surface area contributed by atoms with Gasteiger partial charge in [-0.15, -0.1) is 0 Å². The fourth-order valence-corrected chi connectivity index (χ4v) is 8.59. The fourth-order valence-electron chi connectivity index (χ4n) is 7.27. The molecule has 0 unspecified atom stereocenters. The Morgan fingerprint density at radius 3 is 2.67 bits per heavy atom. The highest BCUT2D eigenvalue weighted by atomic mass is 79.9. The van der Waals surface area contributed by atoms with Gasteiger partial charge in [-0.1, -0.05) is 43.6 Å². The standard InChI is InChI=1S/C24H30BrNO4/c1-12-5-6-18-22(2,3)8-13(25)9-24(18)23(12,4)10-16-15(21(28)29)7-14-17(19(16)30-24)11-26-20(14)27/h7,12-13,18H,5-6,8-11H2,1-4H3,(H,26,27)(H,28,29)/t12-,13+,18-,23+,24-/m0/s1. The van der Waals surface area contributed by atoms with Gasteiger partial charge in [0.25, 0.3) is 5.91 Å². The van der Waals surface area contributed by atoms with Crippen LogP contribution in [0.25, 0.3) is 0 Å². The first-order chi connectivity index (χ1) is 14.0. The van der Waals surface area contributed by atoms with Gasteiger partial charge in [-0.3, -0.25) is 4.79 Å². The Kier molecular flexibility index (Phi) is 4.23. The van der Waals surface area contributed by atoms with Gasteiger partial charge in [-0.25, -0.2) is 4.79 Å². The molecule has 0 bridgehead atoms. The summed E-state index contributed by atoms with van der Waals surface area (Å²) >= 11 is 3.94. The monoisotopic (exact) mass is 475 g/mol. The zero-order chi connectivity index (χ0) is 21.6. The van der Waals surface area contributed by atoms with Crippen molar-refractivity contribution in [1.82, 2.24) is 5.32 Å². The molecule has 2 N–H and O–H groups in total. The Morgan fingerprint density at radius 1 is 1.23 bits per heavy atom. The molecule has 2 aliphatic carbocycles. The van der Waals surface area contributed by atoms with Crippen molar-refractivity contribution in [2.75, 3.05) is 0 Å². The van der Waals surface area contributed by atoms with Crippen LogP contribution >= 0.6 is 15.9 Å². The highest BCUT2D eigenvalue weighted by Gasteiger charge is 2.67. The maximum Gasteiger partial charge on any atom is 0.336 e. The lowest BCUT2D eigenvalue weighted by Gasteiger charge is -2.67. The molecule has 5 rings (SSSR count). The Morgan fingerprint density at radius 2 is 1.97 bits per heavy atom. The van der Waals surface area contributed by atoms with E-state index < -0.39 is 5.97 Å². The van der Waals surface area contributed by atoms with E-state index >= 15 is 0 Å². The molecule has 2 saturated carbocycles. The number of nitrogens with one attached hydrogen (secondary N) is 1. The summed E-state index contributed by atoms with van der Waals surface area (Å²) in [5.74, 6) is 0.282. The molecule has 2 fully saturated rings. The summed E-state index contributed by atoms with van der Waals surface area (Å²) in [7, 11) is 0. The molecule has 4 aliphatic rings. The highest BCUT2D eigenvalue weighted by molar-refractivity contribution is 9.09. The largest absolute Gasteiger partial charge is 0.486 e. The summed E-state index contributed by atoms with van der Waals surface area (Å²) in [4.78, 5) is 24.9. The van der Waals surface area contributed by atoms with Crippen molar-refractivity contribution >= 4 is 27.8 Å². The van der Waals surface area contributed by atoms with Gasteiger partial charge in [-0.2, -0.15) is 0 Å². The second kappa shape index (κ2) is 6.24. The number of carbonyl (C=O) groups excluding carboxylic acids is 1. The third kappa shape index (κ3) is 2.46. The third-order valence-corrected chi connectivity index (χ3v) is 9.58. The number of carboxylic acid groups (broad SMARTS) is 1. The fraction of sp³-hybridized carbons (Fsp3) is 0.667.